The third-order valence-corrected chi connectivity index (χ3v) is 5.96. The van der Waals surface area contributed by atoms with Crippen LogP contribution in [-0.4, -0.2) is 35.8 Å². The second-order valence-corrected chi connectivity index (χ2v) is 9.35. The van der Waals surface area contributed by atoms with Gasteiger partial charge in [-0.1, -0.05) is 35.9 Å². The third-order valence-electron chi connectivity index (χ3n) is 5.74. The molecule has 0 fully saturated rings. The molecule has 0 aliphatic heterocycles. The van der Waals surface area contributed by atoms with E-state index in [0.717, 1.165) is 11.1 Å². The van der Waals surface area contributed by atoms with Gasteiger partial charge in [0, 0.05) is 24.2 Å². The molecule has 0 unspecified atom stereocenters. The number of carbonyl (C=O) groups excluding carboxylic acids is 1. The Morgan fingerprint density at radius 3 is 2.58 bits per heavy atom. The molecule has 0 spiro atoms. The molecule has 1 aromatic heterocycles. The second-order valence-electron chi connectivity index (χ2n) is 8.92. The molecule has 36 heavy (non-hydrogen) atoms. The average Bonchev–Trinajstić information content (AvgIpc) is 2.87. The Labute approximate surface area is 216 Å². The quantitative estimate of drug-likeness (QED) is 0.362. The molecule has 0 bridgehead atoms. The number of alkyl halides is 1. The number of nitriles is 1. The number of aromatic nitrogens is 1. The predicted molar refractivity (Wildman–Crippen MR) is 137 cm³/mol. The SMILES string of the molecule is C[C@H](NC(=O)C(C)(C)Oc1ccc(Cl)cn1)[C@@H](Cc1ccc(OCC[18F])cc1)c1cccc(C#N)c1. The van der Waals surface area contributed by atoms with Crippen molar-refractivity contribution in [2.75, 3.05) is 13.3 Å². The summed E-state index contributed by atoms with van der Waals surface area (Å²) in [5, 5.41) is 12.9. The van der Waals surface area contributed by atoms with Crippen LogP contribution in [0, 0.1) is 11.3 Å². The van der Waals surface area contributed by atoms with Crippen molar-refractivity contribution in [2.24, 2.45) is 0 Å². The lowest BCUT2D eigenvalue weighted by Crippen LogP contribution is -2.51. The summed E-state index contributed by atoms with van der Waals surface area (Å²) in [6, 6.07) is 19.9. The van der Waals surface area contributed by atoms with Gasteiger partial charge in [-0.05, 0) is 68.7 Å². The zero-order valence-corrected chi connectivity index (χ0v) is 21.3. The number of amides is 1. The zero-order valence-electron chi connectivity index (χ0n) is 20.5. The Hall–Kier alpha value is -3.63. The Morgan fingerprint density at radius 2 is 1.94 bits per heavy atom. The maximum absolute atomic E-state index is 13.2. The van der Waals surface area contributed by atoms with Gasteiger partial charge in [0.15, 0.2) is 5.60 Å². The number of rotatable bonds is 11. The number of ether oxygens (including phenoxy) is 2. The first-order valence-electron chi connectivity index (χ1n) is 11.6. The van der Waals surface area contributed by atoms with Crippen LogP contribution in [0.3, 0.4) is 0 Å². The Kier molecular flexibility index (Phi) is 9.26. The van der Waals surface area contributed by atoms with Gasteiger partial charge in [0.1, 0.15) is 19.0 Å². The summed E-state index contributed by atoms with van der Waals surface area (Å²) in [5.41, 5.74) is 1.29. The standard InChI is InChI=1S/C28H29ClFN3O3/c1-19(33-27(34)28(2,3)36-26-12-9-23(29)18-32-26)25(22-6-4-5-21(15-22)17-31)16-20-7-10-24(11-8-20)35-14-13-30/h4-12,15,18-19,25H,13-14,16H2,1-3H3,(H,33,34)/t19-,25+/m0/s1/i30-1. The molecule has 0 saturated heterocycles. The largest absolute Gasteiger partial charge is 0.491 e. The molecule has 188 valence electrons. The van der Waals surface area contributed by atoms with Crippen molar-refractivity contribution >= 4 is 17.5 Å². The van der Waals surface area contributed by atoms with Crippen LogP contribution in [0.2, 0.25) is 5.02 Å². The normalized spacial score (nSPS) is 12.8. The van der Waals surface area contributed by atoms with Gasteiger partial charge in [-0.25, -0.2) is 9.37 Å². The third kappa shape index (κ3) is 7.43. The van der Waals surface area contributed by atoms with E-state index < -0.39 is 12.3 Å². The highest BCUT2D eigenvalue weighted by Gasteiger charge is 2.33. The first kappa shape index (κ1) is 27.0. The summed E-state index contributed by atoms with van der Waals surface area (Å²) in [4.78, 5) is 17.3. The van der Waals surface area contributed by atoms with E-state index in [9.17, 15) is 14.4 Å². The van der Waals surface area contributed by atoms with E-state index in [4.69, 9.17) is 21.1 Å². The molecule has 0 radical (unpaired) electrons. The van der Waals surface area contributed by atoms with Crippen LogP contribution in [0.4, 0.5) is 4.39 Å². The molecule has 1 N–H and O–H groups in total. The van der Waals surface area contributed by atoms with Gasteiger partial charge in [0.25, 0.3) is 5.91 Å². The van der Waals surface area contributed by atoms with Gasteiger partial charge < -0.3 is 14.8 Å². The molecular weight excluding hydrogens is 480 g/mol. The molecule has 0 saturated carbocycles. The second kappa shape index (κ2) is 12.4. The topological polar surface area (TPSA) is 84.2 Å². The van der Waals surface area contributed by atoms with Crippen LogP contribution in [0.1, 0.15) is 43.4 Å². The minimum absolute atomic E-state index is 0.00931. The van der Waals surface area contributed by atoms with E-state index >= 15 is 0 Å². The number of pyridine rings is 1. The summed E-state index contributed by atoms with van der Waals surface area (Å²) in [7, 11) is 0. The summed E-state index contributed by atoms with van der Waals surface area (Å²) >= 11 is 5.89. The lowest BCUT2D eigenvalue weighted by Gasteiger charge is -2.30. The van der Waals surface area contributed by atoms with Crippen LogP contribution in [0.5, 0.6) is 11.6 Å². The Balaban J connectivity index is 1.79. The van der Waals surface area contributed by atoms with E-state index in [1.807, 2.05) is 37.3 Å². The van der Waals surface area contributed by atoms with Gasteiger partial charge >= 0.3 is 0 Å². The summed E-state index contributed by atoms with van der Waals surface area (Å²) in [6.07, 6.45) is 2.05. The van der Waals surface area contributed by atoms with Crippen molar-refractivity contribution in [2.45, 2.75) is 44.8 Å². The van der Waals surface area contributed by atoms with Crippen molar-refractivity contribution < 1.29 is 18.7 Å². The highest BCUT2D eigenvalue weighted by molar-refractivity contribution is 6.30. The summed E-state index contributed by atoms with van der Waals surface area (Å²) in [6.45, 7) is 4.73. The van der Waals surface area contributed by atoms with Crippen molar-refractivity contribution in [3.63, 3.8) is 0 Å². The lowest BCUT2D eigenvalue weighted by atomic mass is 9.85. The number of carbonyl (C=O) groups is 1. The number of hydrogen-bond acceptors (Lipinski definition) is 5. The fraction of sp³-hybridized carbons (Fsp3) is 0.321. The van der Waals surface area contributed by atoms with Gasteiger partial charge in [0.2, 0.25) is 5.88 Å². The molecule has 8 heteroatoms. The fourth-order valence-electron chi connectivity index (χ4n) is 3.77. The van der Waals surface area contributed by atoms with Crippen LogP contribution >= 0.6 is 11.6 Å². The minimum atomic E-state index is -1.19. The number of hydrogen-bond donors (Lipinski definition) is 1. The number of benzene rings is 2. The van der Waals surface area contributed by atoms with Crippen LogP contribution in [-0.2, 0) is 11.2 Å². The van der Waals surface area contributed by atoms with Gasteiger partial charge in [0.05, 0.1) is 16.7 Å². The monoisotopic (exact) mass is 508 g/mol. The molecule has 2 atom stereocenters. The first-order chi connectivity index (χ1) is 17.2. The van der Waals surface area contributed by atoms with Crippen LogP contribution in [0.25, 0.3) is 0 Å². The molecule has 0 aliphatic carbocycles. The molecule has 2 aromatic carbocycles. The highest BCUT2D eigenvalue weighted by Crippen LogP contribution is 2.27. The maximum atomic E-state index is 13.2. The summed E-state index contributed by atoms with van der Waals surface area (Å²) in [5.74, 6) is 0.448. The zero-order chi connectivity index (χ0) is 26.1. The summed E-state index contributed by atoms with van der Waals surface area (Å²) < 4.78 is 23.6. The number of nitrogens with one attached hydrogen (secondary N) is 1. The maximum Gasteiger partial charge on any atom is 0.263 e. The molecular formula is C28H29ClFN3O3. The Bertz CT molecular complexity index is 1190. The first-order valence-corrected chi connectivity index (χ1v) is 12.0. The molecule has 1 heterocycles. The van der Waals surface area contributed by atoms with Gasteiger partial charge in [-0.3, -0.25) is 4.79 Å². The van der Waals surface area contributed by atoms with Crippen molar-refractivity contribution in [3.05, 3.63) is 88.6 Å². The molecule has 3 aromatic rings. The Morgan fingerprint density at radius 1 is 1.19 bits per heavy atom. The van der Waals surface area contributed by atoms with E-state index in [1.165, 1.54) is 6.20 Å². The van der Waals surface area contributed by atoms with E-state index in [0.29, 0.717) is 28.6 Å². The molecule has 3 rings (SSSR count). The number of halogens is 2. The van der Waals surface area contributed by atoms with Crippen LogP contribution < -0.4 is 14.8 Å². The van der Waals surface area contributed by atoms with Gasteiger partial charge in [-0.2, -0.15) is 5.26 Å². The van der Waals surface area contributed by atoms with E-state index in [-0.39, 0.29) is 24.5 Å². The van der Waals surface area contributed by atoms with Crippen molar-refractivity contribution in [1.29, 1.82) is 5.26 Å². The molecule has 0 aliphatic rings. The van der Waals surface area contributed by atoms with E-state index in [1.54, 1.807) is 44.2 Å². The van der Waals surface area contributed by atoms with Crippen molar-refractivity contribution in [1.82, 2.24) is 10.3 Å². The van der Waals surface area contributed by atoms with Gasteiger partial charge in [-0.15, -0.1) is 0 Å². The highest BCUT2D eigenvalue weighted by atomic mass is 35.5. The van der Waals surface area contributed by atoms with E-state index in [2.05, 4.69) is 16.4 Å². The average molecular weight is 509 g/mol. The van der Waals surface area contributed by atoms with Crippen molar-refractivity contribution in [3.8, 4) is 17.7 Å². The smallest absolute Gasteiger partial charge is 0.263 e. The van der Waals surface area contributed by atoms with Crippen LogP contribution in [0.15, 0.2) is 66.9 Å². The number of nitrogens with zero attached hydrogens (tertiary/aromatic N) is 2. The molecule has 1 amide bonds. The molecule has 6 nitrogen and oxygen atoms in total. The predicted octanol–water partition coefficient (Wildman–Crippen LogP) is 5.64. The fourth-order valence-corrected chi connectivity index (χ4v) is 3.88. The lowest BCUT2D eigenvalue weighted by molar-refractivity contribution is -0.135. The minimum Gasteiger partial charge on any atom is -0.491 e.